The SMILES string of the molecule is COc1cc(C(=O)O)ccc1NS(=O)(=O)c1csc(-c2cccc(C)c2)n1. The van der Waals surface area contributed by atoms with Gasteiger partial charge in [-0.15, -0.1) is 11.3 Å². The number of hydrogen-bond donors (Lipinski definition) is 2. The maximum atomic E-state index is 12.7. The summed E-state index contributed by atoms with van der Waals surface area (Å²) in [7, 11) is -2.62. The number of methoxy groups -OCH3 is 1. The van der Waals surface area contributed by atoms with Crippen molar-refractivity contribution in [3.8, 4) is 16.3 Å². The van der Waals surface area contributed by atoms with E-state index < -0.39 is 16.0 Å². The summed E-state index contributed by atoms with van der Waals surface area (Å²) in [6, 6.07) is 11.5. The highest BCUT2D eigenvalue weighted by Crippen LogP contribution is 2.30. The number of aryl methyl sites for hydroxylation is 1. The third-order valence-corrected chi connectivity index (χ3v) is 6.01. The van der Waals surface area contributed by atoms with E-state index in [0.717, 1.165) is 11.1 Å². The molecule has 0 atom stereocenters. The van der Waals surface area contributed by atoms with Crippen molar-refractivity contribution in [3.63, 3.8) is 0 Å². The van der Waals surface area contributed by atoms with Gasteiger partial charge in [0.25, 0.3) is 10.0 Å². The summed E-state index contributed by atoms with van der Waals surface area (Å²) < 4.78 is 32.8. The number of hydrogen-bond acceptors (Lipinski definition) is 6. The third kappa shape index (κ3) is 4.09. The van der Waals surface area contributed by atoms with Gasteiger partial charge in [0, 0.05) is 10.9 Å². The highest BCUT2D eigenvalue weighted by Gasteiger charge is 2.21. The molecule has 0 radical (unpaired) electrons. The first-order valence-corrected chi connectivity index (χ1v) is 10.1. The van der Waals surface area contributed by atoms with E-state index in [1.807, 2.05) is 31.2 Å². The quantitative estimate of drug-likeness (QED) is 0.650. The molecule has 7 nitrogen and oxygen atoms in total. The lowest BCUT2D eigenvalue weighted by Gasteiger charge is -2.11. The van der Waals surface area contributed by atoms with Crippen molar-refractivity contribution in [2.75, 3.05) is 11.8 Å². The number of nitrogens with one attached hydrogen (secondary N) is 1. The molecule has 0 amide bonds. The van der Waals surface area contributed by atoms with E-state index in [1.165, 1.54) is 42.0 Å². The average molecular weight is 404 g/mol. The third-order valence-electron chi connectivity index (χ3n) is 3.72. The van der Waals surface area contributed by atoms with Crippen LogP contribution in [0.25, 0.3) is 10.6 Å². The van der Waals surface area contributed by atoms with Crippen LogP contribution < -0.4 is 9.46 Å². The van der Waals surface area contributed by atoms with Gasteiger partial charge in [0.15, 0.2) is 5.03 Å². The van der Waals surface area contributed by atoms with Crippen molar-refractivity contribution in [1.82, 2.24) is 4.98 Å². The van der Waals surface area contributed by atoms with Gasteiger partial charge >= 0.3 is 5.97 Å². The topological polar surface area (TPSA) is 106 Å². The second-order valence-corrected chi connectivity index (χ2v) is 8.17. The van der Waals surface area contributed by atoms with Crippen LogP contribution in [-0.4, -0.2) is 31.6 Å². The van der Waals surface area contributed by atoms with Crippen molar-refractivity contribution < 1.29 is 23.1 Å². The minimum absolute atomic E-state index is 0.00908. The van der Waals surface area contributed by atoms with Crippen LogP contribution in [0.2, 0.25) is 0 Å². The molecule has 2 aromatic carbocycles. The Morgan fingerprint density at radius 3 is 2.67 bits per heavy atom. The maximum absolute atomic E-state index is 12.7. The Balaban J connectivity index is 1.91. The largest absolute Gasteiger partial charge is 0.495 e. The molecule has 0 saturated carbocycles. The molecule has 0 aliphatic carbocycles. The minimum Gasteiger partial charge on any atom is -0.495 e. The summed E-state index contributed by atoms with van der Waals surface area (Å²) in [5.74, 6) is -1.03. The zero-order chi connectivity index (χ0) is 19.6. The van der Waals surface area contributed by atoms with Gasteiger partial charge in [-0.05, 0) is 31.2 Å². The summed E-state index contributed by atoms with van der Waals surface area (Å²) in [5, 5.41) is 11.0. The van der Waals surface area contributed by atoms with Crippen LogP contribution in [0.3, 0.4) is 0 Å². The van der Waals surface area contributed by atoms with E-state index in [2.05, 4.69) is 9.71 Å². The summed E-state index contributed by atoms with van der Waals surface area (Å²) in [6.07, 6.45) is 0. The molecule has 0 aliphatic heterocycles. The number of carbonyl (C=O) groups is 1. The van der Waals surface area contributed by atoms with Gasteiger partial charge < -0.3 is 9.84 Å². The molecule has 1 aromatic heterocycles. The lowest BCUT2D eigenvalue weighted by molar-refractivity contribution is 0.0696. The van der Waals surface area contributed by atoms with Crippen LogP contribution in [0.15, 0.2) is 52.9 Å². The fourth-order valence-electron chi connectivity index (χ4n) is 2.40. The normalized spacial score (nSPS) is 11.2. The van der Waals surface area contributed by atoms with Gasteiger partial charge in [0.05, 0.1) is 18.4 Å². The predicted molar refractivity (Wildman–Crippen MR) is 103 cm³/mol. The average Bonchev–Trinajstić information content (AvgIpc) is 3.13. The molecule has 27 heavy (non-hydrogen) atoms. The van der Waals surface area contributed by atoms with Crippen LogP contribution in [-0.2, 0) is 10.0 Å². The van der Waals surface area contributed by atoms with E-state index in [-0.39, 0.29) is 22.0 Å². The van der Waals surface area contributed by atoms with Crippen LogP contribution >= 0.6 is 11.3 Å². The number of thiazole rings is 1. The summed E-state index contributed by atoms with van der Waals surface area (Å²) in [4.78, 5) is 15.3. The fraction of sp³-hybridized carbons (Fsp3) is 0.111. The fourth-order valence-corrected chi connectivity index (χ4v) is 4.56. The standard InChI is InChI=1S/C18H16N2O5S2/c1-11-4-3-5-12(8-11)17-19-16(10-26-17)27(23,24)20-14-7-6-13(18(21)22)9-15(14)25-2/h3-10,20H,1-2H3,(H,21,22). The molecule has 3 rings (SSSR count). The van der Waals surface area contributed by atoms with Crippen molar-refractivity contribution in [2.45, 2.75) is 11.9 Å². The molecule has 0 bridgehead atoms. The molecule has 0 spiro atoms. The number of anilines is 1. The smallest absolute Gasteiger partial charge is 0.335 e. The first-order chi connectivity index (χ1) is 12.8. The van der Waals surface area contributed by atoms with Gasteiger partial charge in [-0.3, -0.25) is 4.72 Å². The molecule has 0 unspecified atom stereocenters. The Hall–Kier alpha value is -2.91. The number of carboxylic acids is 1. The summed E-state index contributed by atoms with van der Waals surface area (Å²) >= 11 is 1.23. The van der Waals surface area contributed by atoms with Gasteiger partial charge in [-0.25, -0.2) is 9.78 Å². The Morgan fingerprint density at radius 1 is 1.22 bits per heavy atom. The highest BCUT2D eigenvalue weighted by molar-refractivity contribution is 7.92. The van der Waals surface area contributed by atoms with Crippen molar-refractivity contribution in [2.24, 2.45) is 0 Å². The van der Waals surface area contributed by atoms with E-state index in [9.17, 15) is 13.2 Å². The van der Waals surface area contributed by atoms with Crippen LogP contribution in [0.5, 0.6) is 5.75 Å². The number of aromatic carboxylic acids is 1. The van der Waals surface area contributed by atoms with Gasteiger partial charge in [-0.2, -0.15) is 8.42 Å². The van der Waals surface area contributed by atoms with Crippen molar-refractivity contribution in [3.05, 3.63) is 59.0 Å². The second-order valence-electron chi connectivity index (χ2n) is 5.69. The number of benzene rings is 2. The van der Waals surface area contributed by atoms with Crippen molar-refractivity contribution in [1.29, 1.82) is 0 Å². The number of carboxylic acid groups (broad SMARTS) is 1. The summed E-state index contributed by atoms with van der Waals surface area (Å²) in [5.41, 5.74) is 2.01. The predicted octanol–water partition coefficient (Wildman–Crippen LogP) is 3.63. The van der Waals surface area contributed by atoms with E-state index in [4.69, 9.17) is 9.84 Å². The van der Waals surface area contributed by atoms with Crippen LogP contribution in [0.1, 0.15) is 15.9 Å². The van der Waals surface area contributed by atoms with Gasteiger partial charge in [0.1, 0.15) is 10.8 Å². The molecular weight excluding hydrogens is 388 g/mol. The molecule has 0 aliphatic rings. The van der Waals surface area contributed by atoms with E-state index in [1.54, 1.807) is 0 Å². The molecule has 9 heteroatoms. The van der Waals surface area contributed by atoms with Gasteiger partial charge in [0.2, 0.25) is 0 Å². The number of aromatic nitrogens is 1. The Morgan fingerprint density at radius 2 is 2.00 bits per heavy atom. The Labute approximate surface area is 160 Å². The second kappa shape index (κ2) is 7.37. The number of rotatable bonds is 6. The van der Waals surface area contributed by atoms with E-state index >= 15 is 0 Å². The first kappa shape index (κ1) is 18.9. The Kier molecular flexibility index (Phi) is 5.15. The molecular formula is C18H16N2O5S2. The monoisotopic (exact) mass is 404 g/mol. The molecule has 0 fully saturated rings. The molecule has 1 heterocycles. The minimum atomic E-state index is -3.95. The highest BCUT2D eigenvalue weighted by atomic mass is 32.2. The number of ether oxygens (including phenoxy) is 1. The lowest BCUT2D eigenvalue weighted by atomic mass is 10.1. The first-order valence-electron chi connectivity index (χ1n) is 7.77. The zero-order valence-corrected chi connectivity index (χ0v) is 16.1. The van der Waals surface area contributed by atoms with Gasteiger partial charge in [-0.1, -0.05) is 23.8 Å². The van der Waals surface area contributed by atoms with Crippen LogP contribution in [0.4, 0.5) is 5.69 Å². The van der Waals surface area contributed by atoms with Crippen LogP contribution in [0, 0.1) is 6.92 Å². The molecule has 140 valence electrons. The molecule has 3 aromatic rings. The molecule has 2 N–H and O–H groups in total. The lowest BCUT2D eigenvalue weighted by Crippen LogP contribution is -2.14. The van der Waals surface area contributed by atoms with E-state index in [0.29, 0.717) is 5.01 Å². The number of nitrogens with zero attached hydrogens (tertiary/aromatic N) is 1. The van der Waals surface area contributed by atoms with Crippen molar-refractivity contribution >= 4 is 33.0 Å². The number of sulfonamides is 1. The Bertz CT molecular complexity index is 1110. The summed E-state index contributed by atoms with van der Waals surface area (Å²) in [6.45, 7) is 1.95. The molecule has 0 saturated heterocycles. The zero-order valence-electron chi connectivity index (χ0n) is 14.5. The maximum Gasteiger partial charge on any atom is 0.335 e.